The fourth-order valence-corrected chi connectivity index (χ4v) is 3.14. The molecule has 1 aliphatic rings. The predicted molar refractivity (Wildman–Crippen MR) is 61.9 cm³/mol. The van der Waals surface area contributed by atoms with Gasteiger partial charge in [0.2, 0.25) is 0 Å². The summed E-state index contributed by atoms with van der Waals surface area (Å²) in [6.07, 6.45) is 0. The van der Waals surface area contributed by atoms with Crippen molar-refractivity contribution < 1.29 is 4.39 Å². The highest BCUT2D eigenvalue weighted by molar-refractivity contribution is 9.10. The zero-order chi connectivity index (χ0) is 10.1. The van der Waals surface area contributed by atoms with Crippen molar-refractivity contribution in [3.63, 3.8) is 0 Å². The van der Waals surface area contributed by atoms with Crippen LogP contribution in [0.2, 0.25) is 0 Å². The summed E-state index contributed by atoms with van der Waals surface area (Å²) in [7, 11) is 0. The van der Waals surface area contributed by atoms with Gasteiger partial charge in [-0.15, -0.1) is 11.8 Å². The van der Waals surface area contributed by atoms with E-state index >= 15 is 0 Å². The summed E-state index contributed by atoms with van der Waals surface area (Å²) in [5, 5.41) is 3.44. The Labute approximate surface area is 95.6 Å². The summed E-state index contributed by atoms with van der Waals surface area (Å²) < 4.78 is 14.4. The Kier molecular flexibility index (Phi) is 3.14. The van der Waals surface area contributed by atoms with Gasteiger partial charge in [0.1, 0.15) is 5.82 Å². The van der Waals surface area contributed by atoms with E-state index in [1.165, 1.54) is 6.07 Å². The van der Waals surface area contributed by atoms with E-state index in [0.29, 0.717) is 6.04 Å². The molecule has 1 saturated heterocycles. The monoisotopic (exact) mass is 275 g/mol. The first kappa shape index (κ1) is 10.5. The molecule has 1 heterocycles. The first-order valence-electron chi connectivity index (χ1n) is 4.49. The van der Waals surface area contributed by atoms with Gasteiger partial charge in [-0.1, -0.05) is 15.9 Å². The van der Waals surface area contributed by atoms with Crippen LogP contribution in [0.1, 0.15) is 17.9 Å². The number of benzene rings is 1. The molecule has 0 bridgehead atoms. The minimum atomic E-state index is -0.132. The first-order chi connectivity index (χ1) is 6.66. The van der Waals surface area contributed by atoms with Gasteiger partial charge in [-0.3, -0.25) is 5.32 Å². The van der Waals surface area contributed by atoms with Crippen molar-refractivity contribution in [2.45, 2.75) is 18.3 Å². The minimum absolute atomic E-state index is 0.0995. The summed E-state index contributed by atoms with van der Waals surface area (Å²) in [6, 6.07) is 5.54. The maximum Gasteiger partial charge on any atom is 0.128 e. The topological polar surface area (TPSA) is 12.0 Å². The number of nitrogens with one attached hydrogen (secondary N) is 1. The molecule has 0 aromatic heterocycles. The summed E-state index contributed by atoms with van der Waals surface area (Å²) in [4.78, 5) is 0. The van der Waals surface area contributed by atoms with Gasteiger partial charge < -0.3 is 0 Å². The molecule has 0 saturated carbocycles. The molecule has 0 aliphatic carbocycles. The lowest BCUT2D eigenvalue weighted by Gasteiger charge is -2.12. The van der Waals surface area contributed by atoms with E-state index in [2.05, 4.69) is 28.2 Å². The van der Waals surface area contributed by atoms with Crippen LogP contribution < -0.4 is 5.32 Å². The molecule has 1 aliphatic heterocycles. The van der Waals surface area contributed by atoms with Crippen molar-refractivity contribution >= 4 is 27.7 Å². The van der Waals surface area contributed by atoms with Crippen LogP contribution in [0.15, 0.2) is 22.7 Å². The van der Waals surface area contributed by atoms with Crippen molar-refractivity contribution in [2.75, 3.05) is 5.75 Å². The zero-order valence-corrected chi connectivity index (χ0v) is 10.2. The molecule has 1 aromatic rings. The Morgan fingerprint density at radius 2 is 2.36 bits per heavy atom. The molecule has 2 unspecified atom stereocenters. The second-order valence-corrected chi connectivity index (χ2v) is 5.50. The maximum absolute atomic E-state index is 13.5. The van der Waals surface area contributed by atoms with Crippen LogP contribution in [0, 0.1) is 5.82 Å². The SMILES string of the molecule is CC1CSC(c2cc(Br)ccc2F)N1. The van der Waals surface area contributed by atoms with Crippen molar-refractivity contribution in [1.82, 2.24) is 5.32 Å². The van der Waals surface area contributed by atoms with Gasteiger partial charge in [0.25, 0.3) is 0 Å². The van der Waals surface area contributed by atoms with Gasteiger partial charge in [-0.25, -0.2) is 4.39 Å². The quantitative estimate of drug-likeness (QED) is 0.844. The molecular weight excluding hydrogens is 265 g/mol. The molecule has 2 rings (SSSR count). The Morgan fingerprint density at radius 3 is 3.00 bits per heavy atom. The largest absolute Gasteiger partial charge is 0.298 e. The van der Waals surface area contributed by atoms with Crippen LogP contribution in [0.3, 0.4) is 0 Å². The molecule has 2 atom stereocenters. The number of halogens is 2. The molecule has 1 nitrogen and oxygen atoms in total. The van der Waals surface area contributed by atoms with Crippen LogP contribution >= 0.6 is 27.7 Å². The molecule has 4 heteroatoms. The summed E-state index contributed by atoms with van der Waals surface area (Å²) in [5.74, 6) is 0.906. The highest BCUT2D eigenvalue weighted by Crippen LogP contribution is 2.34. The van der Waals surface area contributed by atoms with Crippen molar-refractivity contribution in [3.05, 3.63) is 34.1 Å². The molecule has 1 N–H and O–H groups in total. The van der Waals surface area contributed by atoms with E-state index in [0.717, 1.165) is 15.8 Å². The van der Waals surface area contributed by atoms with Gasteiger partial charge in [0, 0.05) is 21.8 Å². The van der Waals surface area contributed by atoms with Gasteiger partial charge >= 0.3 is 0 Å². The van der Waals surface area contributed by atoms with Crippen LogP contribution in [0.25, 0.3) is 0 Å². The molecule has 0 amide bonds. The third-order valence-electron chi connectivity index (χ3n) is 2.19. The summed E-state index contributed by atoms with van der Waals surface area (Å²) in [6.45, 7) is 2.11. The molecule has 0 radical (unpaired) electrons. The van der Waals surface area contributed by atoms with E-state index in [1.54, 1.807) is 17.8 Å². The van der Waals surface area contributed by atoms with Crippen LogP contribution in [-0.2, 0) is 0 Å². The Hall–Kier alpha value is -0.0600. The summed E-state index contributed by atoms with van der Waals surface area (Å²) >= 11 is 5.11. The van der Waals surface area contributed by atoms with E-state index in [1.807, 2.05) is 6.07 Å². The highest BCUT2D eigenvalue weighted by Gasteiger charge is 2.24. The lowest BCUT2D eigenvalue weighted by molar-refractivity contribution is 0.568. The number of hydrogen-bond acceptors (Lipinski definition) is 2. The molecule has 1 aromatic carbocycles. The lowest BCUT2D eigenvalue weighted by Crippen LogP contribution is -2.22. The molecule has 14 heavy (non-hydrogen) atoms. The number of hydrogen-bond donors (Lipinski definition) is 1. The summed E-state index contributed by atoms with van der Waals surface area (Å²) in [5.41, 5.74) is 0.744. The zero-order valence-electron chi connectivity index (χ0n) is 7.76. The molecule has 0 spiro atoms. The Bertz CT molecular complexity index is 345. The third kappa shape index (κ3) is 2.12. The molecule has 76 valence electrons. The first-order valence-corrected chi connectivity index (χ1v) is 6.33. The average Bonchev–Trinajstić information content (AvgIpc) is 2.56. The average molecular weight is 276 g/mol. The number of rotatable bonds is 1. The lowest BCUT2D eigenvalue weighted by atomic mass is 10.2. The van der Waals surface area contributed by atoms with Crippen LogP contribution in [0.5, 0.6) is 0 Å². The van der Waals surface area contributed by atoms with Crippen LogP contribution in [0.4, 0.5) is 4.39 Å². The third-order valence-corrected chi connectivity index (χ3v) is 4.10. The Morgan fingerprint density at radius 1 is 1.57 bits per heavy atom. The number of thioether (sulfide) groups is 1. The van der Waals surface area contributed by atoms with E-state index < -0.39 is 0 Å². The van der Waals surface area contributed by atoms with Crippen molar-refractivity contribution in [2.24, 2.45) is 0 Å². The highest BCUT2D eigenvalue weighted by atomic mass is 79.9. The van der Waals surface area contributed by atoms with Crippen molar-refractivity contribution in [1.29, 1.82) is 0 Å². The smallest absolute Gasteiger partial charge is 0.128 e. The molecule has 1 fully saturated rings. The van der Waals surface area contributed by atoms with Crippen molar-refractivity contribution in [3.8, 4) is 0 Å². The van der Waals surface area contributed by atoms with Gasteiger partial charge in [-0.2, -0.15) is 0 Å². The van der Waals surface area contributed by atoms with Gasteiger partial charge in [0.05, 0.1) is 5.37 Å². The maximum atomic E-state index is 13.5. The van der Waals surface area contributed by atoms with Crippen LogP contribution in [-0.4, -0.2) is 11.8 Å². The normalized spacial score (nSPS) is 26.8. The van der Waals surface area contributed by atoms with Gasteiger partial charge in [-0.05, 0) is 25.1 Å². The van der Waals surface area contributed by atoms with E-state index in [-0.39, 0.29) is 11.2 Å². The second kappa shape index (κ2) is 4.21. The van der Waals surface area contributed by atoms with E-state index in [4.69, 9.17) is 0 Å². The second-order valence-electron chi connectivity index (χ2n) is 3.45. The standard InChI is InChI=1S/C10H11BrFNS/c1-6-5-14-10(13-6)8-4-7(11)2-3-9(8)12/h2-4,6,10,13H,5H2,1H3. The fraction of sp³-hybridized carbons (Fsp3) is 0.400. The Balaban J connectivity index is 2.27. The fourth-order valence-electron chi connectivity index (χ4n) is 1.49. The molecular formula is C10H11BrFNS. The minimum Gasteiger partial charge on any atom is -0.298 e. The van der Waals surface area contributed by atoms with Gasteiger partial charge in [0.15, 0.2) is 0 Å². The predicted octanol–water partition coefficient (Wildman–Crippen LogP) is 3.31. The van der Waals surface area contributed by atoms with E-state index in [9.17, 15) is 4.39 Å².